The maximum Gasteiger partial charge on any atom is 0.0672 e. The molecule has 0 aliphatic heterocycles. The lowest BCUT2D eigenvalue weighted by Crippen LogP contribution is -2.33. The monoisotopic (exact) mass is 293 g/mol. The van der Waals surface area contributed by atoms with E-state index in [0.29, 0.717) is 19.3 Å². The Hall–Kier alpha value is -0.830. The van der Waals surface area contributed by atoms with Crippen LogP contribution in [0.1, 0.15) is 37.9 Å². The van der Waals surface area contributed by atoms with Gasteiger partial charge in [0.1, 0.15) is 0 Å². The highest BCUT2D eigenvalue weighted by Gasteiger charge is 2.38. The summed E-state index contributed by atoms with van der Waals surface area (Å²) in [6.07, 6.45) is 1.09. The molecule has 1 unspecified atom stereocenters. The number of hydrogen-bond donors (Lipinski definition) is 1. The highest BCUT2D eigenvalue weighted by atomic mass is 35.5. The lowest BCUT2D eigenvalue weighted by molar-refractivity contribution is 0.147. The summed E-state index contributed by atoms with van der Waals surface area (Å²) in [7, 11) is 0. The zero-order valence-electron chi connectivity index (χ0n) is 12.6. The Balaban J connectivity index is 1.96. The van der Waals surface area contributed by atoms with Crippen LogP contribution in [0.5, 0.6) is 0 Å². The fourth-order valence-corrected chi connectivity index (χ4v) is 3.10. The first-order chi connectivity index (χ1) is 9.40. The van der Waals surface area contributed by atoms with E-state index in [4.69, 9.17) is 16.3 Å². The maximum absolute atomic E-state index is 6.14. The maximum atomic E-state index is 6.14. The van der Waals surface area contributed by atoms with Gasteiger partial charge in [-0.2, -0.15) is 0 Å². The van der Waals surface area contributed by atoms with Gasteiger partial charge in [0.05, 0.1) is 13.2 Å². The van der Waals surface area contributed by atoms with Crippen LogP contribution in [-0.2, 0) is 11.2 Å². The molecule has 0 fully saturated rings. The Morgan fingerprint density at radius 1 is 1.50 bits per heavy atom. The molecule has 20 heavy (non-hydrogen) atoms. The van der Waals surface area contributed by atoms with Crippen molar-refractivity contribution in [1.82, 2.24) is 5.32 Å². The number of halogens is 1. The summed E-state index contributed by atoms with van der Waals surface area (Å²) in [4.78, 5) is 0. The molecule has 0 saturated heterocycles. The molecule has 0 aromatic heterocycles. The normalized spacial score (nSPS) is 19.9. The van der Waals surface area contributed by atoms with Gasteiger partial charge in [0.2, 0.25) is 0 Å². The SMILES string of the molecule is C=C(C)COCCNC1c2cc(Cl)ccc2CC1(C)C. The third-order valence-electron chi connectivity index (χ3n) is 3.79. The van der Waals surface area contributed by atoms with Gasteiger partial charge in [-0.05, 0) is 42.0 Å². The summed E-state index contributed by atoms with van der Waals surface area (Å²) in [5.74, 6) is 0. The Kier molecular flexibility index (Phi) is 4.90. The molecule has 2 rings (SSSR count). The average molecular weight is 294 g/mol. The summed E-state index contributed by atoms with van der Waals surface area (Å²) in [6, 6.07) is 6.57. The predicted octanol–water partition coefficient (Wildman–Crippen LogP) is 4.15. The second kappa shape index (κ2) is 6.30. The van der Waals surface area contributed by atoms with Crippen LogP contribution in [0.25, 0.3) is 0 Å². The van der Waals surface area contributed by atoms with Crippen molar-refractivity contribution in [1.29, 1.82) is 0 Å². The Labute approximate surface area is 127 Å². The zero-order chi connectivity index (χ0) is 14.8. The van der Waals surface area contributed by atoms with Crippen LogP contribution in [-0.4, -0.2) is 19.8 Å². The molecule has 0 radical (unpaired) electrons. The van der Waals surface area contributed by atoms with Crippen molar-refractivity contribution in [3.05, 3.63) is 46.5 Å². The van der Waals surface area contributed by atoms with E-state index in [1.165, 1.54) is 11.1 Å². The molecule has 110 valence electrons. The molecule has 0 saturated carbocycles. The summed E-state index contributed by atoms with van der Waals surface area (Å²) >= 11 is 6.14. The molecule has 0 spiro atoms. The number of hydrogen-bond acceptors (Lipinski definition) is 2. The number of fused-ring (bicyclic) bond motifs is 1. The van der Waals surface area contributed by atoms with E-state index in [-0.39, 0.29) is 5.41 Å². The number of nitrogens with one attached hydrogen (secondary N) is 1. The molecule has 0 heterocycles. The number of rotatable bonds is 6. The zero-order valence-corrected chi connectivity index (χ0v) is 13.4. The van der Waals surface area contributed by atoms with Gasteiger partial charge in [0, 0.05) is 17.6 Å². The van der Waals surface area contributed by atoms with Crippen LogP contribution in [0.2, 0.25) is 5.02 Å². The Bertz CT molecular complexity index is 496. The van der Waals surface area contributed by atoms with E-state index in [9.17, 15) is 0 Å². The number of benzene rings is 1. The van der Waals surface area contributed by atoms with Crippen molar-refractivity contribution in [3.8, 4) is 0 Å². The van der Waals surface area contributed by atoms with Crippen molar-refractivity contribution in [2.75, 3.05) is 19.8 Å². The molecule has 1 atom stereocenters. The van der Waals surface area contributed by atoms with Gasteiger partial charge in [-0.1, -0.05) is 43.7 Å². The molecular weight excluding hydrogens is 270 g/mol. The number of ether oxygens (including phenoxy) is 1. The molecule has 1 aromatic carbocycles. The minimum Gasteiger partial charge on any atom is -0.376 e. The molecule has 1 aliphatic carbocycles. The van der Waals surface area contributed by atoms with E-state index in [1.807, 2.05) is 13.0 Å². The van der Waals surface area contributed by atoms with Gasteiger partial charge in [-0.15, -0.1) is 0 Å². The summed E-state index contributed by atoms with van der Waals surface area (Å²) < 4.78 is 5.55. The van der Waals surface area contributed by atoms with Crippen molar-refractivity contribution in [2.24, 2.45) is 5.41 Å². The van der Waals surface area contributed by atoms with Gasteiger partial charge in [-0.3, -0.25) is 0 Å². The molecule has 2 nitrogen and oxygen atoms in total. The van der Waals surface area contributed by atoms with Gasteiger partial charge < -0.3 is 10.1 Å². The van der Waals surface area contributed by atoms with Crippen LogP contribution >= 0.6 is 11.6 Å². The van der Waals surface area contributed by atoms with Crippen molar-refractivity contribution < 1.29 is 4.74 Å². The molecule has 0 bridgehead atoms. The second-order valence-electron chi connectivity index (χ2n) is 6.41. The van der Waals surface area contributed by atoms with Crippen LogP contribution in [0.15, 0.2) is 30.4 Å². The highest BCUT2D eigenvalue weighted by Crippen LogP contribution is 2.45. The van der Waals surface area contributed by atoms with Crippen molar-refractivity contribution in [3.63, 3.8) is 0 Å². The first-order valence-corrected chi connectivity index (χ1v) is 7.52. The minimum atomic E-state index is 0.210. The molecule has 0 amide bonds. The first kappa shape index (κ1) is 15.6. The van der Waals surface area contributed by atoms with E-state index in [2.05, 4.69) is 37.9 Å². The Morgan fingerprint density at radius 2 is 2.25 bits per heavy atom. The molecule has 3 heteroatoms. The average Bonchev–Trinajstić information content (AvgIpc) is 2.59. The van der Waals surface area contributed by atoms with E-state index >= 15 is 0 Å². The van der Waals surface area contributed by atoms with E-state index < -0.39 is 0 Å². The smallest absolute Gasteiger partial charge is 0.0672 e. The lowest BCUT2D eigenvalue weighted by atomic mass is 9.85. The van der Waals surface area contributed by atoms with Crippen LogP contribution in [0.4, 0.5) is 0 Å². The fraction of sp³-hybridized carbons (Fsp3) is 0.529. The van der Waals surface area contributed by atoms with Gasteiger partial charge in [0.15, 0.2) is 0 Å². The Morgan fingerprint density at radius 3 is 2.95 bits per heavy atom. The molecule has 1 aromatic rings. The van der Waals surface area contributed by atoms with Gasteiger partial charge >= 0.3 is 0 Å². The molecule has 1 N–H and O–H groups in total. The summed E-state index contributed by atoms with van der Waals surface area (Å²) in [5.41, 5.74) is 4.01. The van der Waals surface area contributed by atoms with Gasteiger partial charge in [0.25, 0.3) is 0 Å². The van der Waals surface area contributed by atoms with Crippen LogP contribution < -0.4 is 5.32 Å². The van der Waals surface area contributed by atoms with Crippen molar-refractivity contribution in [2.45, 2.75) is 33.2 Å². The molecule has 1 aliphatic rings. The van der Waals surface area contributed by atoms with Crippen LogP contribution in [0.3, 0.4) is 0 Å². The minimum absolute atomic E-state index is 0.210. The lowest BCUT2D eigenvalue weighted by Gasteiger charge is -2.28. The van der Waals surface area contributed by atoms with E-state index in [0.717, 1.165) is 23.6 Å². The summed E-state index contributed by atoms with van der Waals surface area (Å²) in [5, 5.41) is 4.43. The van der Waals surface area contributed by atoms with Gasteiger partial charge in [-0.25, -0.2) is 0 Å². The second-order valence-corrected chi connectivity index (χ2v) is 6.84. The quantitative estimate of drug-likeness (QED) is 0.628. The summed E-state index contributed by atoms with van der Waals surface area (Å²) in [6.45, 7) is 12.6. The first-order valence-electron chi connectivity index (χ1n) is 7.14. The van der Waals surface area contributed by atoms with E-state index in [1.54, 1.807) is 0 Å². The third-order valence-corrected chi connectivity index (χ3v) is 4.02. The predicted molar refractivity (Wildman–Crippen MR) is 85.3 cm³/mol. The topological polar surface area (TPSA) is 21.3 Å². The standard InChI is InChI=1S/C17H24ClNO/c1-12(2)11-20-8-7-19-16-15-9-14(18)6-5-13(15)10-17(16,3)4/h5-6,9,16,19H,1,7-8,10-11H2,2-4H3. The largest absolute Gasteiger partial charge is 0.376 e. The highest BCUT2D eigenvalue weighted by molar-refractivity contribution is 6.30. The van der Waals surface area contributed by atoms with Crippen molar-refractivity contribution >= 4 is 11.6 Å². The van der Waals surface area contributed by atoms with Crippen LogP contribution in [0, 0.1) is 5.41 Å². The molecular formula is C17H24ClNO. The third kappa shape index (κ3) is 3.63. The fourth-order valence-electron chi connectivity index (χ4n) is 2.92.